The van der Waals surface area contributed by atoms with E-state index in [0.29, 0.717) is 19.7 Å². The maximum atomic E-state index is 12.3. The van der Waals surface area contributed by atoms with Crippen molar-refractivity contribution in [2.75, 3.05) is 26.2 Å². The van der Waals surface area contributed by atoms with E-state index in [1.54, 1.807) is 4.90 Å². The van der Waals surface area contributed by atoms with Crippen molar-refractivity contribution in [1.82, 2.24) is 9.80 Å². The minimum atomic E-state index is -0.239. The SMILES string of the molecule is O=C(OCc1ccccc1)N1CCC2(CC1)CC(N1CCCC1)=NO2. The summed E-state index contributed by atoms with van der Waals surface area (Å²) in [6, 6.07) is 9.77. The van der Waals surface area contributed by atoms with Crippen molar-refractivity contribution in [2.24, 2.45) is 5.16 Å². The molecule has 2 fully saturated rings. The first kappa shape index (κ1) is 16.2. The van der Waals surface area contributed by atoms with Crippen molar-refractivity contribution < 1.29 is 14.4 Å². The van der Waals surface area contributed by atoms with Crippen LogP contribution in [0.2, 0.25) is 0 Å². The van der Waals surface area contributed by atoms with Gasteiger partial charge in [-0.05, 0) is 18.4 Å². The lowest BCUT2D eigenvalue weighted by Crippen LogP contribution is -2.47. The Morgan fingerprint density at radius 3 is 2.56 bits per heavy atom. The zero-order valence-electron chi connectivity index (χ0n) is 14.5. The molecule has 6 nitrogen and oxygen atoms in total. The molecule has 0 bridgehead atoms. The van der Waals surface area contributed by atoms with Gasteiger partial charge in [0.15, 0.2) is 0 Å². The number of ether oxygens (including phenoxy) is 1. The van der Waals surface area contributed by atoms with Gasteiger partial charge in [0.05, 0.1) is 6.42 Å². The molecule has 4 rings (SSSR count). The Kier molecular flexibility index (Phi) is 4.51. The van der Waals surface area contributed by atoms with Crippen LogP contribution in [0.4, 0.5) is 4.79 Å². The molecule has 3 aliphatic heterocycles. The number of hydrogen-bond acceptors (Lipinski definition) is 5. The van der Waals surface area contributed by atoms with Gasteiger partial charge in [-0.1, -0.05) is 35.5 Å². The van der Waals surface area contributed by atoms with Crippen molar-refractivity contribution in [3.05, 3.63) is 35.9 Å². The van der Waals surface area contributed by atoms with Crippen LogP contribution in [0.3, 0.4) is 0 Å². The Bertz CT molecular complexity index is 633. The highest BCUT2D eigenvalue weighted by Crippen LogP contribution is 2.36. The molecular weight excluding hydrogens is 318 g/mol. The smallest absolute Gasteiger partial charge is 0.410 e. The predicted molar refractivity (Wildman–Crippen MR) is 94.1 cm³/mol. The first-order valence-corrected chi connectivity index (χ1v) is 9.20. The fourth-order valence-corrected chi connectivity index (χ4v) is 3.82. The number of amidine groups is 1. The number of rotatable bonds is 2. The summed E-state index contributed by atoms with van der Waals surface area (Å²) in [5.74, 6) is 1.10. The first-order valence-electron chi connectivity index (χ1n) is 9.20. The molecule has 1 aromatic rings. The highest BCUT2D eigenvalue weighted by Gasteiger charge is 2.44. The third-order valence-corrected chi connectivity index (χ3v) is 5.43. The van der Waals surface area contributed by atoms with Gasteiger partial charge in [0.25, 0.3) is 0 Å². The van der Waals surface area contributed by atoms with Crippen molar-refractivity contribution in [3.8, 4) is 0 Å². The van der Waals surface area contributed by atoms with E-state index in [-0.39, 0.29) is 11.7 Å². The third kappa shape index (κ3) is 3.57. The average molecular weight is 343 g/mol. The van der Waals surface area contributed by atoms with Crippen molar-refractivity contribution in [2.45, 2.75) is 44.3 Å². The van der Waals surface area contributed by atoms with E-state index >= 15 is 0 Å². The number of nitrogens with zero attached hydrogens (tertiary/aromatic N) is 3. The highest BCUT2D eigenvalue weighted by molar-refractivity contribution is 5.84. The molecule has 3 heterocycles. The topological polar surface area (TPSA) is 54.4 Å². The lowest BCUT2D eigenvalue weighted by atomic mass is 9.88. The van der Waals surface area contributed by atoms with Gasteiger partial charge in [0.1, 0.15) is 18.0 Å². The fourth-order valence-electron chi connectivity index (χ4n) is 3.82. The molecule has 0 aliphatic carbocycles. The number of benzene rings is 1. The number of hydrogen-bond donors (Lipinski definition) is 0. The zero-order chi connectivity index (χ0) is 17.1. The Labute approximate surface area is 148 Å². The Morgan fingerprint density at radius 2 is 1.84 bits per heavy atom. The van der Waals surface area contributed by atoms with Crippen LogP contribution in [0.15, 0.2) is 35.5 Å². The number of amides is 1. The lowest BCUT2D eigenvalue weighted by molar-refractivity contribution is -0.0596. The molecule has 0 saturated carbocycles. The maximum Gasteiger partial charge on any atom is 0.410 e. The summed E-state index contributed by atoms with van der Waals surface area (Å²) in [5, 5.41) is 4.35. The van der Waals surface area contributed by atoms with E-state index in [0.717, 1.165) is 43.8 Å². The highest BCUT2D eigenvalue weighted by atomic mass is 16.7. The van der Waals surface area contributed by atoms with E-state index in [2.05, 4.69) is 10.1 Å². The molecule has 0 radical (unpaired) electrons. The van der Waals surface area contributed by atoms with E-state index in [1.807, 2.05) is 30.3 Å². The molecule has 0 aromatic heterocycles. The molecule has 2 saturated heterocycles. The lowest BCUT2D eigenvalue weighted by Gasteiger charge is -2.36. The van der Waals surface area contributed by atoms with Crippen LogP contribution in [0.1, 0.15) is 37.7 Å². The summed E-state index contributed by atoms with van der Waals surface area (Å²) < 4.78 is 5.43. The minimum Gasteiger partial charge on any atom is -0.445 e. The number of carbonyl (C=O) groups is 1. The Hall–Kier alpha value is -2.24. The molecular formula is C19H25N3O3. The number of carbonyl (C=O) groups excluding carboxylic acids is 1. The quantitative estimate of drug-likeness (QED) is 0.828. The van der Waals surface area contributed by atoms with Gasteiger partial charge in [-0.25, -0.2) is 4.79 Å². The number of oxime groups is 1. The average Bonchev–Trinajstić information content (AvgIpc) is 3.32. The van der Waals surface area contributed by atoms with Crippen LogP contribution >= 0.6 is 0 Å². The van der Waals surface area contributed by atoms with Gasteiger partial charge in [-0.15, -0.1) is 0 Å². The van der Waals surface area contributed by atoms with Crippen molar-refractivity contribution >= 4 is 11.9 Å². The van der Waals surface area contributed by atoms with E-state index in [4.69, 9.17) is 9.57 Å². The standard InChI is InChI=1S/C19H25N3O3/c23-18(24-15-16-6-2-1-3-7-16)22-12-8-19(9-13-22)14-17(20-25-19)21-10-4-5-11-21/h1-3,6-7H,4-5,8-15H2. The summed E-state index contributed by atoms with van der Waals surface area (Å²) in [6.45, 7) is 3.83. The number of likely N-dealkylation sites (tertiary alicyclic amines) is 2. The molecule has 1 amide bonds. The molecule has 1 spiro atoms. The normalized spacial score (nSPS) is 22.0. The second kappa shape index (κ2) is 6.94. The molecule has 0 N–H and O–H groups in total. The maximum absolute atomic E-state index is 12.3. The van der Waals surface area contributed by atoms with Crippen LogP contribution in [0, 0.1) is 0 Å². The molecule has 1 aromatic carbocycles. The minimum absolute atomic E-state index is 0.214. The van der Waals surface area contributed by atoms with Gasteiger partial charge in [0, 0.05) is 39.0 Å². The summed E-state index contributed by atoms with van der Waals surface area (Å²) in [4.78, 5) is 22.2. The van der Waals surface area contributed by atoms with Gasteiger partial charge in [-0.2, -0.15) is 0 Å². The van der Waals surface area contributed by atoms with Crippen LogP contribution in [0.5, 0.6) is 0 Å². The van der Waals surface area contributed by atoms with Crippen LogP contribution in [-0.4, -0.2) is 53.5 Å². The van der Waals surface area contributed by atoms with Gasteiger partial charge < -0.3 is 19.4 Å². The second-order valence-electron chi connectivity index (χ2n) is 7.18. The van der Waals surface area contributed by atoms with Crippen LogP contribution in [0.25, 0.3) is 0 Å². The van der Waals surface area contributed by atoms with Crippen LogP contribution < -0.4 is 0 Å². The predicted octanol–water partition coefficient (Wildman–Crippen LogP) is 2.99. The molecule has 3 aliphatic rings. The molecule has 0 unspecified atom stereocenters. The summed E-state index contributed by atoms with van der Waals surface area (Å²) >= 11 is 0. The largest absolute Gasteiger partial charge is 0.445 e. The first-order chi connectivity index (χ1) is 12.2. The van der Waals surface area contributed by atoms with Gasteiger partial charge in [0.2, 0.25) is 0 Å². The molecule has 6 heteroatoms. The Balaban J connectivity index is 1.25. The summed E-state index contributed by atoms with van der Waals surface area (Å²) in [6.07, 6.45) is 4.75. The molecule has 25 heavy (non-hydrogen) atoms. The summed E-state index contributed by atoms with van der Waals surface area (Å²) in [5.41, 5.74) is 0.792. The third-order valence-electron chi connectivity index (χ3n) is 5.43. The number of piperidine rings is 1. The van der Waals surface area contributed by atoms with Crippen LogP contribution in [-0.2, 0) is 16.2 Å². The van der Waals surface area contributed by atoms with Gasteiger partial charge in [-0.3, -0.25) is 0 Å². The molecule has 134 valence electrons. The summed E-state index contributed by atoms with van der Waals surface area (Å²) in [7, 11) is 0. The van der Waals surface area contributed by atoms with E-state index in [9.17, 15) is 4.79 Å². The molecule has 0 atom stereocenters. The van der Waals surface area contributed by atoms with Gasteiger partial charge >= 0.3 is 6.09 Å². The second-order valence-corrected chi connectivity index (χ2v) is 7.18. The van der Waals surface area contributed by atoms with E-state index in [1.165, 1.54) is 12.8 Å². The monoisotopic (exact) mass is 343 g/mol. The van der Waals surface area contributed by atoms with E-state index < -0.39 is 0 Å². The Morgan fingerprint density at radius 1 is 1.12 bits per heavy atom. The fraction of sp³-hybridized carbons (Fsp3) is 0.579. The van der Waals surface area contributed by atoms with Crippen molar-refractivity contribution in [3.63, 3.8) is 0 Å². The van der Waals surface area contributed by atoms with Crippen molar-refractivity contribution in [1.29, 1.82) is 0 Å². The zero-order valence-corrected chi connectivity index (χ0v) is 14.5.